The number of carbonyl (C=O) groups excluding carboxylic acids is 2. The Labute approximate surface area is 155 Å². The molecule has 1 fully saturated rings. The Kier molecular flexibility index (Phi) is 5.49. The Morgan fingerprint density at radius 1 is 1.08 bits per heavy atom. The van der Waals surface area contributed by atoms with Crippen LogP contribution in [0.3, 0.4) is 0 Å². The fourth-order valence-electron chi connectivity index (χ4n) is 2.76. The Bertz CT molecular complexity index is 888. The van der Waals surface area contributed by atoms with Gasteiger partial charge in [-0.05, 0) is 46.8 Å². The average molecular weight is 373 g/mol. The van der Waals surface area contributed by atoms with Gasteiger partial charge in [0.2, 0.25) is 0 Å². The van der Waals surface area contributed by atoms with E-state index >= 15 is 0 Å². The van der Waals surface area contributed by atoms with E-state index in [0.29, 0.717) is 23.0 Å². The van der Waals surface area contributed by atoms with E-state index in [9.17, 15) is 9.59 Å². The molecule has 0 spiro atoms. The molecule has 2 aromatic rings. The number of carbonyl (C=O) groups is 2. The lowest BCUT2D eigenvalue weighted by Crippen LogP contribution is -2.31. The molecule has 26 heavy (non-hydrogen) atoms. The number of fused-ring (bicyclic) bond motifs is 1. The third-order valence-electron chi connectivity index (χ3n) is 4.12. The molecule has 6 nitrogen and oxygen atoms in total. The highest BCUT2D eigenvalue weighted by molar-refractivity contribution is 8.18. The Hall–Kier alpha value is -2.51. The average Bonchev–Trinajstić information content (AvgIpc) is 2.93. The van der Waals surface area contributed by atoms with E-state index < -0.39 is 0 Å². The van der Waals surface area contributed by atoms with Crippen molar-refractivity contribution < 1.29 is 23.8 Å². The minimum absolute atomic E-state index is 0.235. The highest BCUT2D eigenvalue weighted by atomic mass is 32.2. The maximum atomic E-state index is 12.6. The van der Waals surface area contributed by atoms with E-state index in [1.54, 1.807) is 20.3 Å². The second-order valence-corrected chi connectivity index (χ2v) is 6.59. The quantitative estimate of drug-likeness (QED) is 0.722. The molecule has 3 rings (SSSR count). The summed E-state index contributed by atoms with van der Waals surface area (Å²) in [5.41, 5.74) is 0.737. The van der Waals surface area contributed by atoms with Crippen LogP contribution < -0.4 is 9.47 Å². The summed E-state index contributed by atoms with van der Waals surface area (Å²) >= 11 is 0.921. The molecule has 2 amide bonds. The topological polar surface area (TPSA) is 65.1 Å². The molecular formula is C19H19NO5S. The number of benzene rings is 2. The molecule has 0 N–H and O–H groups in total. The van der Waals surface area contributed by atoms with Crippen LogP contribution in [-0.2, 0) is 9.53 Å². The molecule has 0 aliphatic carbocycles. The summed E-state index contributed by atoms with van der Waals surface area (Å²) in [6.07, 6.45) is 1.71. The predicted molar refractivity (Wildman–Crippen MR) is 102 cm³/mol. The number of imide groups is 1. The molecule has 136 valence electrons. The van der Waals surface area contributed by atoms with Crippen molar-refractivity contribution in [3.63, 3.8) is 0 Å². The van der Waals surface area contributed by atoms with Crippen molar-refractivity contribution in [1.82, 2.24) is 4.90 Å². The number of methoxy groups -OCH3 is 3. The number of amides is 2. The van der Waals surface area contributed by atoms with E-state index in [1.807, 2.05) is 30.3 Å². The van der Waals surface area contributed by atoms with Gasteiger partial charge in [-0.1, -0.05) is 12.1 Å². The van der Waals surface area contributed by atoms with Crippen molar-refractivity contribution in [2.24, 2.45) is 0 Å². The smallest absolute Gasteiger partial charge is 0.293 e. The fourth-order valence-corrected chi connectivity index (χ4v) is 3.61. The van der Waals surface area contributed by atoms with Crippen LogP contribution in [0.1, 0.15) is 5.56 Å². The van der Waals surface area contributed by atoms with E-state index in [0.717, 1.165) is 28.1 Å². The van der Waals surface area contributed by atoms with Crippen molar-refractivity contribution in [3.05, 3.63) is 40.8 Å². The monoisotopic (exact) mass is 373 g/mol. The van der Waals surface area contributed by atoms with Crippen LogP contribution in [0.5, 0.6) is 11.5 Å². The maximum Gasteiger partial charge on any atom is 0.293 e. The van der Waals surface area contributed by atoms with Crippen molar-refractivity contribution >= 4 is 39.8 Å². The molecular weight excluding hydrogens is 354 g/mol. The maximum absolute atomic E-state index is 12.6. The van der Waals surface area contributed by atoms with E-state index in [-0.39, 0.29) is 17.7 Å². The van der Waals surface area contributed by atoms with Gasteiger partial charge in [0.25, 0.3) is 11.1 Å². The van der Waals surface area contributed by atoms with Crippen molar-refractivity contribution in [3.8, 4) is 11.5 Å². The van der Waals surface area contributed by atoms with Gasteiger partial charge in [0.15, 0.2) is 0 Å². The highest BCUT2D eigenvalue weighted by Crippen LogP contribution is 2.37. The standard InChI is InChI=1S/C19H19NO5S/c1-23-9-8-20-18(21)17(26-19(20)22)11-15-14-10-13(24-2)6-4-12(14)5-7-16(15)25-3/h4-7,10-11H,8-9H2,1-3H3/b17-11+. The molecule has 0 saturated carbocycles. The summed E-state index contributed by atoms with van der Waals surface area (Å²) < 4.78 is 15.7. The second kappa shape index (κ2) is 7.80. The van der Waals surface area contributed by atoms with Crippen LogP contribution in [0, 0.1) is 0 Å². The molecule has 7 heteroatoms. The Balaban J connectivity index is 2.08. The summed E-state index contributed by atoms with van der Waals surface area (Å²) in [4.78, 5) is 26.3. The summed E-state index contributed by atoms with van der Waals surface area (Å²) in [5, 5.41) is 1.57. The van der Waals surface area contributed by atoms with Gasteiger partial charge in [-0.2, -0.15) is 0 Å². The fraction of sp³-hybridized carbons (Fsp3) is 0.263. The molecule has 1 aliphatic heterocycles. The first-order valence-corrected chi connectivity index (χ1v) is 8.79. The van der Waals surface area contributed by atoms with Crippen molar-refractivity contribution in [1.29, 1.82) is 0 Å². The van der Waals surface area contributed by atoms with Gasteiger partial charge in [-0.15, -0.1) is 0 Å². The summed E-state index contributed by atoms with van der Waals surface area (Å²) in [6, 6.07) is 9.48. The molecule has 2 aromatic carbocycles. The van der Waals surface area contributed by atoms with Crippen LogP contribution in [0.25, 0.3) is 16.8 Å². The normalized spacial score (nSPS) is 16.0. The van der Waals surface area contributed by atoms with Gasteiger partial charge in [-0.25, -0.2) is 0 Å². The zero-order valence-electron chi connectivity index (χ0n) is 14.8. The Morgan fingerprint density at radius 2 is 1.85 bits per heavy atom. The largest absolute Gasteiger partial charge is 0.497 e. The summed E-state index contributed by atoms with van der Waals surface area (Å²) in [6.45, 7) is 0.541. The molecule has 0 aromatic heterocycles. The van der Waals surface area contributed by atoms with Gasteiger partial charge in [0, 0.05) is 12.7 Å². The van der Waals surface area contributed by atoms with E-state index in [4.69, 9.17) is 14.2 Å². The first kappa shape index (κ1) is 18.3. The van der Waals surface area contributed by atoms with Gasteiger partial charge in [0.1, 0.15) is 11.5 Å². The van der Waals surface area contributed by atoms with Gasteiger partial charge < -0.3 is 14.2 Å². The summed E-state index contributed by atoms with van der Waals surface area (Å²) in [5.74, 6) is 1.00. The molecule has 0 radical (unpaired) electrons. The third kappa shape index (κ3) is 3.40. The second-order valence-electron chi connectivity index (χ2n) is 5.59. The minimum atomic E-state index is -0.320. The van der Waals surface area contributed by atoms with Gasteiger partial charge in [-0.3, -0.25) is 14.5 Å². The summed E-state index contributed by atoms with van der Waals surface area (Å²) in [7, 11) is 4.70. The van der Waals surface area contributed by atoms with Crippen LogP contribution in [-0.4, -0.2) is 50.5 Å². The van der Waals surface area contributed by atoms with Crippen LogP contribution in [0.2, 0.25) is 0 Å². The highest BCUT2D eigenvalue weighted by Gasteiger charge is 2.34. The molecule has 0 atom stereocenters. The number of rotatable bonds is 6. The number of nitrogens with zero attached hydrogens (tertiary/aromatic N) is 1. The zero-order chi connectivity index (χ0) is 18.7. The van der Waals surface area contributed by atoms with Gasteiger partial charge >= 0.3 is 0 Å². The van der Waals surface area contributed by atoms with Gasteiger partial charge in [0.05, 0.1) is 32.3 Å². The lowest BCUT2D eigenvalue weighted by atomic mass is 10.0. The van der Waals surface area contributed by atoms with E-state index in [1.165, 1.54) is 12.0 Å². The molecule has 1 heterocycles. The minimum Gasteiger partial charge on any atom is -0.497 e. The van der Waals surface area contributed by atoms with E-state index in [2.05, 4.69) is 0 Å². The Morgan fingerprint density at radius 3 is 2.54 bits per heavy atom. The van der Waals surface area contributed by atoms with Crippen molar-refractivity contribution in [2.75, 3.05) is 34.5 Å². The molecule has 0 bridgehead atoms. The molecule has 1 aliphatic rings. The third-order valence-corrected chi connectivity index (χ3v) is 5.03. The predicted octanol–water partition coefficient (Wildman–Crippen LogP) is 3.54. The lowest BCUT2D eigenvalue weighted by Gasteiger charge is -2.12. The molecule has 0 unspecified atom stereocenters. The number of hydrogen-bond donors (Lipinski definition) is 0. The number of ether oxygens (including phenoxy) is 3. The SMILES string of the molecule is COCCN1C(=O)S/C(=C/c2c(OC)ccc3ccc(OC)cc23)C1=O. The first-order chi connectivity index (χ1) is 12.6. The number of thioether (sulfide) groups is 1. The lowest BCUT2D eigenvalue weighted by molar-refractivity contribution is -0.123. The van der Waals surface area contributed by atoms with Crippen LogP contribution >= 0.6 is 11.8 Å². The zero-order valence-corrected chi connectivity index (χ0v) is 15.6. The van der Waals surface area contributed by atoms with Crippen molar-refractivity contribution in [2.45, 2.75) is 0 Å². The number of hydrogen-bond acceptors (Lipinski definition) is 6. The van der Waals surface area contributed by atoms with Crippen LogP contribution in [0.15, 0.2) is 35.2 Å². The molecule has 1 saturated heterocycles. The first-order valence-electron chi connectivity index (χ1n) is 7.98. The van der Waals surface area contributed by atoms with Crippen LogP contribution in [0.4, 0.5) is 4.79 Å².